The molecule has 1 N–H and O–H groups in total. The highest BCUT2D eigenvalue weighted by Gasteiger charge is 2.48. The minimum Gasteiger partial charge on any atom is -0.507 e. The summed E-state index contributed by atoms with van der Waals surface area (Å²) in [5, 5.41) is 11.4. The number of aliphatic hydroxyl groups excluding tert-OH is 1. The summed E-state index contributed by atoms with van der Waals surface area (Å²) in [7, 11) is 1.26. The molecule has 1 aromatic heterocycles. The minimum absolute atomic E-state index is 0.0695. The van der Waals surface area contributed by atoms with Crippen LogP contribution in [0, 0.1) is 13.8 Å². The van der Waals surface area contributed by atoms with Gasteiger partial charge in [0, 0.05) is 5.56 Å². The standard InChI is InChI=1S/C26H24N2O6S/c1-5-34-18-8-6-7-17(13-18)21(29)19-20(16-11-9-14(2)10-12-16)28(24(31)22(19)30)26-27-15(3)23(35-26)25(32)33-4/h6-13,20,29H,5H2,1-4H3/b21-19+. The average molecular weight is 493 g/mol. The van der Waals surface area contributed by atoms with E-state index in [4.69, 9.17) is 9.47 Å². The molecule has 3 aromatic rings. The molecule has 1 amide bonds. The Morgan fingerprint density at radius 3 is 2.51 bits per heavy atom. The van der Waals surface area contributed by atoms with Crippen molar-refractivity contribution in [1.29, 1.82) is 0 Å². The predicted molar refractivity (Wildman–Crippen MR) is 132 cm³/mol. The fourth-order valence-corrected chi connectivity index (χ4v) is 4.93. The first kappa shape index (κ1) is 24.2. The zero-order valence-electron chi connectivity index (χ0n) is 19.7. The zero-order valence-corrected chi connectivity index (χ0v) is 20.5. The van der Waals surface area contributed by atoms with E-state index >= 15 is 0 Å². The Bertz CT molecular complexity index is 1340. The third-order valence-corrected chi connectivity index (χ3v) is 6.75. The first-order valence-electron chi connectivity index (χ1n) is 10.9. The van der Waals surface area contributed by atoms with E-state index in [9.17, 15) is 19.5 Å². The number of ether oxygens (including phenoxy) is 2. The third-order valence-electron chi connectivity index (χ3n) is 5.62. The van der Waals surface area contributed by atoms with Crippen molar-refractivity contribution in [3.8, 4) is 5.75 Å². The molecule has 0 spiro atoms. The topological polar surface area (TPSA) is 106 Å². The number of amides is 1. The van der Waals surface area contributed by atoms with Gasteiger partial charge in [-0.1, -0.05) is 53.3 Å². The molecule has 9 heteroatoms. The first-order chi connectivity index (χ1) is 16.8. The summed E-state index contributed by atoms with van der Waals surface area (Å²) in [4.78, 5) is 44.6. The number of carbonyl (C=O) groups excluding carboxylic acids is 3. The monoisotopic (exact) mass is 492 g/mol. The smallest absolute Gasteiger partial charge is 0.350 e. The van der Waals surface area contributed by atoms with E-state index in [2.05, 4.69) is 4.98 Å². The lowest BCUT2D eigenvalue weighted by Crippen LogP contribution is -2.29. The lowest BCUT2D eigenvalue weighted by Gasteiger charge is -2.23. The van der Waals surface area contributed by atoms with Crippen LogP contribution in [0.15, 0.2) is 54.1 Å². The molecule has 35 heavy (non-hydrogen) atoms. The summed E-state index contributed by atoms with van der Waals surface area (Å²) in [6, 6.07) is 13.1. The number of Topliss-reactive ketones (excluding diaryl/α,β-unsaturated/α-hetero) is 1. The van der Waals surface area contributed by atoms with Crippen molar-refractivity contribution in [3.05, 3.63) is 81.4 Å². The Labute approximate surface area is 206 Å². The van der Waals surface area contributed by atoms with Gasteiger partial charge in [-0.25, -0.2) is 9.78 Å². The highest BCUT2D eigenvalue weighted by Crippen LogP contribution is 2.44. The van der Waals surface area contributed by atoms with Crippen LogP contribution in [0.2, 0.25) is 0 Å². The fourth-order valence-electron chi connectivity index (χ4n) is 3.92. The van der Waals surface area contributed by atoms with Crippen LogP contribution in [-0.2, 0) is 14.3 Å². The van der Waals surface area contributed by atoms with Crippen LogP contribution in [0.5, 0.6) is 5.75 Å². The quantitative estimate of drug-likeness (QED) is 0.232. The van der Waals surface area contributed by atoms with Gasteiger partial charge < -0.3 is 14.6 Å². The lowest BCUT2D eigenvalue weighted by molar-refractivity contribution is -0.132. The van der Waals surface area contributed by atoms with E-state index in [0.29, 0.717) is 29.2 Å². The second-order valence-corrected chi connectivity index (χ2v) is 8.92. The molecule has 1 aliphatic heterocycles. The maximum absolute atomic E-state index is 13.3. The summed E-state index contributed by atoms with van der Waals surface area (Å²) >= 11 is 0.958. The van der Waals surface area contributed by atoms with Gasteiger partial charge in [0.25, 0.3) is 5.78 Å². The van der Waals surface area contributed by atoms with Crippen LogP contribution in [0.25, 0.3) is 5.76 Å². The molecule has 180 valence electrons. The van der Waals surface area contributed by atoms with Crippen LogP contribution in [0.3, 0.4) is 0 Å². The summed E-state index contributed by atoms with van der Waals surface area (Å²) in [5.74, 6) is -2.07. The normalized spacial score (nSPS) is 17.0. The van der Waals surface area contributed by atoms with Crippen LogP contribution in [0.1, 0.15) is 45.0 Å². The molecule has 0 radical (unpaired) electrons. The molecular formula is C26H24N2O6S. The zero-order chi connectivity index (χ0) is 25.3. The largest absolute Gasteiger partial charge is 0.507 e. The van der Waals surface area contributed by atoms with Gasteiger partial charge in [-0.15, -0.1) is 0 Å². The second kappa shape index (κ2) is 9.71. The number of anilines is 1. The van der Waals surface area contributed by atoms with Crippen molar-refractivity contribution in [2.45, 2.75) is 26.8 Å². The molecular weight excluding hydrogens is 468 g/mol. The lowest BCUT2D eigenvalue weighted by atomic mass is 9.95. The Morgan fingerprint density at radius 1 is 1.14 bits per heavy atom. The molecule has 2 aromatic carbocycles. The molecule has 1 saturated heterocycles. The maximum Gasteiger partial charge on any atom is 0.350 e. The summed E-state index contributed by atoms with van der Waals surface area (Å²) in [6.07, 6.45) is 0. The van der Waals surface area contributed by atoms with Gasteiger partial charge in [-0.2, -0.15) is 0 Å². The number of benzene rings is 2. The Balaban J connectivity index is 1.92. The number of hydrogen-bond donors (Lipinski definition) is 1. The number of methoxy groups -OCH3 is 1. The number of ketones is 1. The van der Waals surface area contributed by atoms with E-state index in [1.165, 1.54) is 12.0 Å². The molecule has 1 unspecified atom stereocenters. The van der Waals surface area contributed by atoms with Crippen molar-refractivity contribution >= 4 is 39.9 Å². The molecule has 8 nitrogen and oxygen atoms in total. The molecule has 1 fully saturated rings. The summed E-state index contributed by atoms with van der Waals surface area (Å²) in [6.45, 7) is 5.83. The number of carbonyl (C=O) groups is 3. The fraction of sp³-hybridized carbons (Fsp3) is 0.231. The number of aliphatic hydroxyl groups is 1. The van der Waals surface area contributed by atoms with Crippen LogP contribution in [-0.4, -0.2) is 41.5 Å². The first-order valence-corrected chi connectivity index (χ1v) is 11.7. The number of rotatable bonds is 6. The molecule has 1 atom stereocenters. The van der Waals surface area contributed by atoms with Crippen molar-refractivity contribution < 1.29 is 29.0 Å². The van der Waals surface area contributed by atoms with Gasteiger partial charge in [0.15, 0.2) is 5.13 Å². The van der Waals surface area contributed by atoms with Gasteiger partial charge in [0.1, 0.15) is 16.4 Å². The Morgan fingerprint density at radius 2 is 1.86 bits per heavy atom. The van der Waals surface area contributed by atoms with E-state index in [1.54, 1.807) is 43.3 Å². The highest BCUT2D eigenvalue weighted by molar-refractivity contribution is 7.17. The van der Waals surface area contributed by atoms with Gasteiger partial charge in [-0.05, 0) is 38.5 Å². The van der Waals surface area contributed by atoms with Gasteiger partial charge in [0.2, 0.25) is 0 Å². The number of nitrogens with zero attached hydrogens (tertiary/aromatic N) is 2. The third kappa shape index (κ3) is 4.42. The Kier molecular flexibility index (Phi) is 6.70. The maximum atomic E-state index is 13.3. The minimum atomic E-state index is -0.942. The summed E-state index contributed by atoms with van der Waals surface area (Å²) < 4.78 is 10.3. The number of esters is 1. The SMILES string of the molecule is CCOc1cccc(/C(O)=C2\C(=O)C(=O)N(c3nc(C)c(C(=O)OC)s3)C2c2ccc(C)cc2)c1. The van der Waals surface area contributed by atoms with E-state index < -0.39 is 23.7 Å². The van der Waals surface area contributed by atoms with Gasteiger partial charge >= 0.3 is 11.9 Å². The average Bonchev–Trinajstić information content (AvgIpc) is 3.36. The summed E-state index contributed by atoms with van der Waals surface area (Å²) in [5.41, 5.74) is 2.26. The molecule has 4 rings (SSSR count). The van der Waals surface area contributed by atoms with Crippen LogP contribution < -0.4 is 9.64 Å². The Hall–Kier alpha value is -3.98. The van der Waals surface area contributed by atoms with Gasteiger partial charge in [-0.3, -0.25) is 14.5 Å². The van der Waals surface area contributed by atoms with E-state index in [1.807, 2.05) is 26.0 Å². The van der Waals surface area contributed by atoms with E-state index in [-0.39, 0.29) is 21.3 Å². The van der Waals surface area contributed by atoms with Crippen molar-refractivity contribution in [2.24, 2.45) is 0 Å². The van der Waals surface area contributed by atoms with Crippen molar-refractivity contribution in [2.75, 3.05) is 18.6 Å². The molecule has 0 bridgehead atoms. The number of thiazole rings is 1. The second-order valence-electron chi connectivity index (χ2n) is 7.94. The number of aryl methyl sites for hydroxylation is 2. The molecule has 0 saturated carbocycles. The molecule has 0 aliphatic carbocycles. The van der Waals surface area contributed by atoms with E-state index in [0.717, 1.165) is 16.9 Å². The van der Waals surface area contributed by atoms with Crippen LogP contribution >= 0.6 is 11.3 Å². The van der Waals surface area contributed by atoms with Crippen molar-refractivity contribution in [3.63, 3.8) is 0 Å². The molecule has 2 heterocycles. The van der Waals surface area contributed by atoms with Gasteiger partial charge in [0.05, 0.1) is 31.0 Å². The van der Waals surface area contributed by atoms with Crippen molar-refractivity contribution in [1.82, 2.24) is 4.98 Å². The molecule has 1 aliphatic rings. The number of hydrogen-bond acceptors (Lipinski definition) is 8. The number of aromatic nitrogens is 1. The van der Waals surface area contributed by atoms with Crippen LogP contribution in [0.4, 0.5) is 5.13 Å². The highest BCUT2D eigenvalue weighted by atomic mass is 32.1. The predicted octanol–water partition coefficient (Wildman–Crippen LogP) is 4.57.